The third kappa shape index (κ3) is 3.37. The molecular weight excluding hydrogens is 338 g/mol. The monoisotopic (exact) mass is 355 g/mol. The number of benzene rings is 1. The molecular formula is C15H17NO5S2. The lowest BCUT2D eigenvalue weighted by Crippen LogP contribution is -2.45. The summed E-state index contributed by atoms with van der Waals surface area (Å²) in [5.41, 5.74) is 0. The van der Waals surface area contributed by atoms with Crippen molar-refractivity contribution >= 4 is 27.7 Å². The highest BCUT2D eigenvalue weighted by atomic mass is 32.2. The Bertz CT molecular complexity index is 764. The van der Waals surface area contributed by atoms with Crippen LogP contribution in [0.4, 0.5) is 4.79 Å². The van der Waals surface area contributed by atoms with Crippen LogP contribution in [0.5, 0.6) is 5.75 Å². The lowest BCUT2D eigenvalue weighted by Gasteiger charge is -2.35. The van der Waals surface area contributed by atoms with Crippen LogP contribution in [-0.2, 0) is 9.84 Å². The van der Waals surface area contributed by atoms with Crippen molar-refractivity contribution in [2.45, 2.75) is 23.6 Å². The van der Waals surface area contributed by atoms with Crippen molar-refractivity contribution in [2.24, 2.45) is 0 Å². The molecule has 0 spiro atoms. The van der Waals surface area contributed by atoms with E-state index in [1.165, 1.54) is 55.3 Å². The van der Waals surface area contributed by atoms with Gasteiger partial charge in [0.05, 0.1) is 16.9 Å². The van der Waals surface area contributed by atoms with Crippen molar-refractivity contribution in [1.29, 1.82) is 0 Å². The summed E-state index contributed by atoms with van der Waals surface area (Å²) >= 11 is 1.23. The summed E-state index contributed by atoms with van der Waals surface area (Å²) in [6, 6.07) is 5.82. The van der Waals surface area contributed by atoms with Crippen LogP contribution in [0.15, 0.2) is 51.8 Å². The number of sulfone groups is 1. The van der Waals surface area contributed by atoms with Gasteiger partial charge in [0.1, 0.15) is 10.8 Å². The fourth-order valence-corrected chi connectivity index (χ4v) is 4.50. The topological polar surface area (TPSA) is 83.9 Å². The largest absolute Gasteiger partial charge is 0.497 e. The van der Waals surface area contributed by atoms with Crippen molar-refractivity contribution in [3.8, 4) is 5.75 Å². The molecule has 1 N–H and O–H groups in total. The number of carbonyl (C=O) groups is 1. The Kier molecular flexibility index (Phi) is 4.76. The van der Waals surface area contributed by atoms with Gasteiger partial charge in [0.2, 0.25) is 9.84 Å². The van der Waals surface area contributed by atoms with E-state index in [4.69, 9.17) is 4.74 Å². The molecule has 1 aliphatic heterocycles. The SMILES string of the molecule is COc1ccc(S(=O)(=O)C2=CC=CSC(C)(C)N2C(=O)O)cc1. The minimum atomic E-state index is -3.99. The summed E-state index contributed by atoms with van der Waals surface area (Å²) < 4.78 is 30.8. The third-order valence-corrected chi connectivity index (χ3v) is 6.08. The zero-order valence-corrected chi connectivity index (χ0v) is 14.5. The van der Waals surface area contributed by atoms with Crippen LogP contribution < -0.4 is 4.74 Å². The Morgan fingerprint density at radius 1 is 1.26 bits per heavy atom. The van der Waals surface area contributed by atoms with E-state index in [2.05, 4.69) is 0 Å². The standard InChI is InChI=1S/C15H17NO5S2/c1-15(2)16(14(17)18)13(5-4-10-22-15)23(19,20)12-8-6-11(21-3)7-9-12/h4-10H,1-3H3,(H,17,18). The van der Waals surface area contributed by atoms with Gasteiger partial charge in [-0.1, -0.05) is 6.08 Å². The lowest BCUT2D eigenvalue weighted by molar-refractivity contribution is 0.145. The molecule has 0 fully saturated rings. The zero-order chi connectivity index (χ0) is 17.3. The predicted molar refractivity (Wildman–Crippen MR) is 88.9 cm³/mol. The zero-order valence-electron chi connectivity index (χ0n) is 12.9. The highest BCUT2D eigenvalue weighted by Crippen LogP contribution is 2.38. The molecule has 23 heavy (non-hydrogen) atoms. The van der Waals surface area contributed by atoms with Crippen LogP contribution in [0.1, 0.15) is 13.8 Å². The van der Waals surface area contributed by atoms with Gasteiger partial charge in [-0.15, -0.1) is 11.8 Å². The Hall–Kier alpha value is -1.93. The molecule has 124 valence electrons. The van der Waals surface area contributed by atoms with E-state index in [1.807, 2.05) is 0 Å². The highest BCUT2D eigenvalue weighted by Gasteiger charge is 2.40. The fourth-order valence-electron chi connectivity index (χ4n) is 2.13. The number of methoxy groups -OCH3 is 1. The lowest BCUT2D eigenvalue weighted by atomic mass is 10.3. The molecule has 0 aliphatic carbocycles. The van der Waals surface area contributed by atoms with Gasteiger partial charge in [0.15, 0.2) is 0 Å². The van der Waals surface area contributed by atoms with E-state index in [0.29, 0.717) is 5.75 Å². The summed E-state index contributed by atoms with van der Waals surface area (Å²) in [5.74, 6) is 0.518. The predicted octanol–water partition coefficient (Wildman–Crippen LogP) is 3.29. The number of amides is 1. The van der Waals surface area contributed by atoms with Crippen LogP contribution >= 0.6 is 11.8 Å². The maximum atomic E-state index is 12.9. The Morgan fingerprint density at radius 2 is 1.87 bits per heavy atom. The molecule has 0 radical (unpaired) electrons. The van der Waals surface area contributed by atoms with E-state index in [0.717, 1.165) is 4.90 Å². The van der Waals surface area contributed by atoms with Gasteiger partial charge in [0.25, 0.3) is 0 Å². The first kappa shape index (κ1) is 17.4. The van der Waals surface area contributed by atoms with Gasteiger partial charge in [-0.25, -0.2) is 13.2 Å². The van der Waals surface area contributed by atoms with E-state index < -0.39 is 20.8 Å². The van der Waals surface area contributed by atoms with E-state index in [-0.39, 0.29) is 9.92 Å². The summed E-state index contributed by atoms with van der Waals surface area (Å²) in [7, 11) is -2.51. The molecule has 0 saturated heterocycles. The third-order valence-electron chi connectivity index (χ3n) is 3.27. The Morgan fingerprint density at radius 3 is 2.39 bits per heavy atom. The van der Waals surface area contributed by atoms with Gasteiger partial charge in [-0.3, -0.25) is 4.90 Å². The Labute approximate surface area is 139 Å². The molecule has 1 aromatic rings. The van der Waals surface area contributed by atoms with Crippen LogP contribution in [0.3, 0.4) is 0 Å². The molecule has 6 nitrogen and oxygen atoms in total. The van der Waals surface area contributed by atoms with E-state index in [1.54, 1.807) is 19.3 Å². The summed E-state index contributed by atoms with van der Waals surface area (Å²) in [4.78, 5) is 11.6. The van der Waals surface area contributed by atoms with E-state index >= 15 is 0 Å². The molecule has 0 bridgehead atoms. The van der Waals surface area contributed by atoms with Crippen LogP contribution in [0.2, 0.25) is 0 Å². The number of hydrogen-bond donors (Lipinski definition) is 1. The normalized spacial score (nSPS) is 17.3. The molecule has 1 aromatic carbocycles. The number of hydrogen-bond acceptors (Lipinski definition) is 5. The number of thioether (sulfide) groups is 1. The summed E-state index contributed by atoms with van der Waals surface area (Å²) in [6.07, 6.45) is 1.51. The second-order valence-electron chi connectivity index (χ2n) is 5.19. The maximum absolute atomic E-state index is 12.9. The van der Waals surface area contributed by atoms with Crippen molar-refractivity contribution in [3.63, 3.8) is 0 Å². The number of nitrogens with zero attached hydrogens (tertiary/aromatic N) is 1. The first-order chi connectivity index (χ1) is 10.7. The summed E-state index contributed by atoms with van der Waals surface area (Å²) in [6.45, 7) is 3.30. The fraction of sp³-hybridized carbons (Fsp3) is 0.267. The second-order valence-corrected chi connectivity index (χ2v) is 8.60. The average Bonchev–Trinajstić information content (AvgIpc) is 2.65. The number of allylic oxidation sites excluding steroid dienone is 2. The maximum Gasteiger partial charge on any atom is 0.413 e. The van der Waals surface area contributed by atoms with Gasteiger partial charge in [-0.2, -0.15) is 0 Å². The van der Waals surface area contributed by atoms with Gasteiger partial charge >= 0.3 is 6.09 Å². The van der Waals surface area contributed by atoms with Crippen LogP contribution in [0, 0.1) is 0 Å². The number of carboxylic acid groups (broad SMARTS) is 1. The van der Waals surface area contributed by atoms with Crippen molar-refractivity contribution < 1.29 is 23.1 Å². The van der Waals surface area contributed by atoms with Crippen LogP contribution in [-0.4, -0.2) is 36.5 Å². The molecule has 1 aliphatic rings. The minimum Gasteiger partial charge on any atom is -0.497 e. The second kappa shape index (κ2) is 6.29. The van der Waals surface area contributed by atoms with Crippen molar-refractivity contribution in [2.75, 3.05) is 7.11 Å². The summed E-state index contributed by atoms with van der Waals surface area (Å²) in [5, 5.41) is 10.9. The van der Waals surface area contributed by atoms with Gasteiger partial charge < -0.3 is 9.84 Å². The minimum absolute atomic E-state index is 0.00639. The van der Waals surface area contributed by atoms with Crippen LogP contribution in [0.25, 0.3) is 0 Å². The first-order valence-corrected chi connectivity index (χ1v) is 9.03. The highest BCUT2D eigenvalue weighted by molar-refractivity contribution is 8.03. The molecule has 0 saturated carbocycles. The van der Waals surface area contributed by atoms with Crippen molar-refractivity contribution in [1.82, 2.24) is 4.90 Å². The molecule has 8 heteroatoms. The average molecular weight is 355 g/mol. The molecule has 1 heterocycles. The quantitative estimate of drug-likeness (QED) is 0.896. The van der Waals surface area contributed by atoms with E-state index in [9.17, 15) is 18.3 Å². The molecule has 0 unspecified atom stereocenters. The molecule has 2 rings (SSSR count). The number of ether oxygens (including phenoxy) is 1. The first-order valence-electron chi connectivity index (χ1n) is 6.67. The van der Waals surface area contributed by atoms with Gasteiger partial charge in [0, 0.05) is 0 Å². The smallest absolute Gasteiger partial charge is 0.413 e. The number of rotatable bonds is 3. The Balaban J connectivity index is 2.56. The van der Waals surface area contributed by atoms with Crippen molar-refractivity contribution in [3.05, 3.63) is 46.9 Å². The molecule has 1 amide bonds. The molecule has 0 aromatic heterocycles. The molecule has 0 atom stereocenters. The van der Waals surface area contributed by atoms with Gasteiger partial charge in [-0.05, 0) is 49.6 Å².